The molecule has 6 rings (SSSR count). The highest BCUT2D eigenvalue weighted by Gasteiger charge is 2.48. The van der Waals surface area contributed by atoms with Gasteiger partial charge in [-0.05, 0) is 72.9 Å². The van der Waals surface area contributed by atoms with Crippen LogP contribution in [0.5, 0.6) is 17.2 Å². The van der Waals surface area contributed by atoms with Crippen molar-refractivity contribution in [1.82, 2.24) is 4.98 Å². The van der Waals surface area contributed by atoms with Crippen LogP contribution in [0.2, 0.25) is 0 Å². The number of carbonyl (C=O) groups excluding carboxylic acids is 2. The number of anilines is 1. The smallest absolute Gasteiger partial charge is 0.301 e. The number of aromatic nitrogens is 1. The summed E-state index contributed by atoms with van der Waals surface area (Å²) in [7, 11) is 0. The second kappa shape index (κ2) is 10.9. The van der Waals surface area contributed by atoms with Gasteiger partial charge < -0.3 is 19.3 Å². The summed E-state index contributed by atoms with van der Waals surface area (Å²) in [5.41, 5.74) is 2.74. The number of nitrogens with zero attached hydrogens (tertiary/aromatic N) is 2. The van der Waals surface area contributed by atoms with Crippen molar-refractivity contribution in [2.24, 2.45) is 5.92 Å². The lowest BCUT2D eigenvalue weighted by molar-refractivity contribution is -0.132. The fourth-order valence-electron chi connectivity index (χ4n) is 5.00. The lowest BCUT2D eigenvalue weighted by Gasteiger charge is -2.24. The molecule has 8 nitrogen and oxygen atoms in total. The summed E-state index contributed by atoms with van der Waals surface area (Å²) in [4.78, 5) is 33.4. The van der Waals surface area contributed by atoms with Gasteiger partial charge in [0, 0.05) is 5.56 Å². The number of hydrogen-bond donors (Lipinski definition) is 1. The van der Waals surface area contributed by atoms with Gasteiger partial charge in [-0.15, -0.1) is 0 Å². The number of Topliss-reactive ketones (excluding diaryl/α,β-unsaturated/α-hetero) is 1. The number of aliphatic hydroxyl groups excluding tert-OH is 1. The number of carbonyl (C=O) groups is 2. The number of benzene rings is 3. The lowest BCUT2D eigenvalue weighted by Crippen LogP contribution is -2.29. The van der Waals surface area contributed by atoms with Crippen molar-refractivity contribution in [1.29, 1.82) is 0 Å². The molecule has 0 spiro atoms. The molecule has 0 unspecified atom stereocenters. The average Bonchev–Trinajstić information content (AvgIpc) is 3.49. The predicted molar refractivity (Wildman–Crippen MR) is 158 cm³/mol. The summed E-state index contributed by atoms with van der Waals surface area (Å²) < 4.78 is 18.2. The number of rotatable bonds is 7. The fraction of sp³-hybridized carbons (Fsp3) is 0.281. The molecule has 2 aliphatic heterocycles. The van der Waals surface area contributed by atoms with E-state index in [1.165, 1.54) is 16.2 Å². The first-order valence-corrected chi connectivity index (χ1v) is 14.4. The van der Waals surface area contributed by atoms with Crippen LogP contribution in [0.25, 0.3) is 16.0 Å². The minimum Gasteiger partial charge on any atom is -0.507 e. The van der Waals surface area contributed by atoms with Gasteiger partial charge in [0.05, 0.1) is 28.4 Å². The predicted octanol–water partition coefficient (Wildman–Crippen LogP) is 6.43. The van der Waals surface area contributed by atoms with Gasteiger partial charge in [0.1, 0.15) is 24.7 Å². The van der Waals surface area contributed by atoms with Gasteiger partial charge in [-0.3, -0.25) is 14.5 Å². The molecule has 1 atom stereocenters. The van der Waals surface area contributed by atoms with Crippen LogP contribution in [-0.4, -0.2) is 41.6 Å². The molecular weight excluding hydrogens is 540 g/mol. The Labute approximate surface area is 241 Å². The van der Waals surface area contributed by atoms with E-state index < -0.39 is 17.7 Å². The van der Waals surface area contributed by atoms with E-state index in [4.69, 9.17) is 19.2 Å². The van der Waals surface area contributed by atoms with Crippen LogP contribution in [0.1, 0.15) is 43.0 Å². The molecule has 4 aromatic rings. The third kappa shape index (κ3) is 5.13. The van der Waals surface area contributed by atoms with E-state index >= 15 is 0 Å². The molecule has 0 saturated carbocycles. The summed E-state index contributed by atoms with van der Waals surface area (Å²) in [5.74, 6) is 0.289. The summed E-state index contributed by atoms with van der Waals surface area (Å²) in [6, 6.07) is 17.2. The van der Waals surface area contributed by atoms with E-state index in [-0.39, 0.29) is 11.3 Å². The van der Waals surface area contributed by atoms with Crippen LogP contribution < -0.4 is 19.1 Å². The maximum Gasteiger partial charge on any atom is 0.301 e. The zero-order valence-electron chi connectivity index (χ0n) is 23.0. The molecule has 0 aliphatic carbocycles. The van der Waals surface area contributed by atoms with E-state index in [1.807, 2.05) is 49.4 Å². The van der Waals surface area contributed by atoms with Gasteiger partial charge in [-0.2, -0.15) is 0 Å². The Hall–Kier alpha value is -4.37. The van der Waals surface area contributed by atoms with E-state index in [9.17, 15) is 14.7 Å². The van der Waals surface area contributed by atoms with Gasteiger partial charge in [0.15, 0.2) is 16.6 Å². The molecule has 0 radical (unpaired) electrons. The third-order valence-corrected chi connectivity index (χ3v) is 8.15. The summed E-state index contributed by atoms with van der Waals surface area (Å²) in [6.45, 7) is 7.59. The second-order valence-electron chi connectivity index (χ2n) is 10.6. The van der Waals surface area contributed by atoms with Crippen molar-refractivity contribution in [2.75, 3.05) is 24.7 Å². The second-order valence-corrected chi connectivity index (χ2v) is 11.6. The van der Waals surface area contributed by atoms with Crippen molar-refractivity contribution < 1.29 is 28.9 Å². The Balaban J connectivity index is 1.48. The van der Waals surface area contributed by atoms with Gasteiger partial charge in [0.25, 0.3) is 5.78 Å². The number of aryl methyl sites for hydroxylation is 1. The molecular formula is C32H30N2O6S. The van der Waals surface area contributed by atoms with Crippen LogP contribution in [0.4, 0.5) is 5.13 Å². The highest BCUT2D eigenvalue weighted by Crippen LogP contribution is 2.45. The fourth-order valence-corrected chi connectivity index (χ4v) is 6.09. The minimum atomic E-state index is -0.918. The number of fused-ring (bicyclic) bond motifs is 2. The quantitative estimate of drug-likeness (QED) is 0.155. The normalized spacial score (nSPS) is 18.0. The molecule has 1 saturated heterocycles. The van der Waals surface area contributed by atoms with Crippen LogP contribution in [-0.2, 0) is 9.59 Å². The van der Waals surface area contributed by atoms with Crippen molar-refractivity contribution in [3.63, 3.8) is 0 Å². The van der Waals surface area contributed by atoms with Crippen molar-refractivity contribution in [3.05, 3.63) is 82.9 Å². The SMILES string of the molecule is Cc1ccc2nc(N3C(=O)C(=O)C(=C(O)c4ccc5c(c4)OCCO5)[C@H]3c3cccc(OCCC(C)C)c3)sc2c1. The highest BCUT2D eigenvalue weighted by molar-refractivity contribution is 7.22. The minimum absolute atomic E-state index is 0.0264. The Morgan fingerprint density at radius 1 is 1.07 bits per heavy atom. The largest absolute Gasteiger partial charge is 0.507 e. The molecule has 3 heterocycles. The summed E-state index contributed by atoms with van der Waals surface area (Å²) >= 11 is 1.33. The number of thiazole rings is 1. The van der Waals surface area contributed by atoms with Crippen LogP contribution in [0.3, 0.4) is 0 Å². The Kier molecular flexibility index (Phi) is 7.13. The number of hydrogen-bond acceptors (Lipinski definition) is 8. The molecule has 41 heavy (non-hydrogen) atoms. The maximum absolute atomic E-state index is 13.7. The number of ketones is 1. The highest BCUT2D eigenvalue weighted by atomic mass is 32.1. The first-order valence-electron chi connectivity index (χ1n) is 13.6. The summed E-state index contributed by atoms with van der Waals surface area (Å²) in [6.07, 6.45) is 0.887. The van der Waals surface area contributed by atoms with Crippen molar-refractivity contribution >= 4 is 44.1 Å². The van der Waals surface area contributed by atoms with Crippen LogP contribution in [0, 0.1) is 12.8 Å². The molecule has 1 aromatic heterocycles. The Bertz CT molecular complexity index is 1690. The van der Waals surface area contributed by atoms with Crippen molar-refractivity contribution in [2.45, 2.75) is 33.2 Å². The van der Waals surface area contributed by atoms with Crippen molar-refractivity contribution in [3.8, 4) is 17.2 Å². The molecule has 1 amide bonds. The third-order valence-electron chi connectivity index (χ3n) is 7.14. The Morgan fingerprint density at radius 2 is 1.88 bits per heavy atom. The first kappa shape index (κ1) is 26.8. The molecule has 210 valence electrons. The zero-order valence-corrected chi connectivity index (χ0v) is 23.9. The number of amides is 1. The van der Waals surface area contributed by atoms with Gasteiger partial charge in [0.2, 0.25) is 0 Å². The van der Waals surface area contributed by atoms with Gasteiger partial charge >= 0.3 is 5.91 Å². The van der Waals surface area contributed by atoms with E-state index in [2.05, 4.69) is 13.8 Å². The average molecular weight is 571 g/mol. The standard InChI is InChI=1S/C32H30N2O6S/c1-18(2)11-12-38-22-6-4-5-20(16-22)28-27(29(35)21-8-10-24-25(17-21)40-14-13-39-24)30(36)31(37)34(28)32-33-23-9-7-19(3)15-26(23)41-32/h4-10,15-18,28,35H,11-14H2,1-3H3/t28-/m1/s1. The van der Waals surface area contributed by atoms with Crippen LogP contribution >= 0.6 is 11.3 Å². The Morgan fingerprint density at radius 3 is 2.68 bits per heavy atom. The van der Waals surface area contributed by atoms with Gasteiger partial charge in [-0.25, -0.2) is 4.98 Å². The van der Waals surface area contributed by atoms with Gasteiger partial charge in [-0.1, -0.05) is 43.4 Å². The number of aliphatic hydroxyl groups is 1. The van der Waals surface area contributed by atoms with E-state index in [1.54, 1.807) is 18.2 Å². The van der Waals surface area contributed by atoms with E-state index in [0.29, 0.717) is 59.2 Å². The topological polar surface area (TPSA) is 98.2 Å². The first-order chi connectivity index (χ1) is 19.8. The van der Waals surface area contributed by atoms with E-state index in [0.717, 1.165) is 22.2 Å². The summed E-state index contributed by atoms with van der Waals surface area (Å²) in [5, 5.41) is 12.0. The maximum atomic E-state index is 13.7. The molecule has 1 N–H and O–H groups in total. The van der Waals surface area contributed by atoms with Crippen LogP contribution in [0.15, 0.2) is 66.2 Å². The monoisotopic (exact) mass is 570 g/mol. The number of ether oxygens (including phenoxy) is 3. The molecule has 2 aliphatic rings. The molecule has 3 aromatic carbocycles. The molecule has 1 fully saturated rings. The molecule has 0 bridgehead atoms. The lowest BCUT2D eigenvalue weighted by atomic mass is 9.95. The molecule has 9 heteroatoms. The zero-order chi connectivity index (χ0) is 28.7.